The standard InChI is InChI=1S/C21H20ClN3O4/c1-28-17-7-5-15(6-8-17)19-9-10-21(27)25(24-19)12-11-23-20(26)14-29-18-4-2-3-16(22)13-18/h2-10,13H,11-12,14H2,1H3,(H,23,26). The van der Waals surface area contributed by atoms with Gasteiger partial charge in [-0.2, -0.15) is 5.10 Å². The molecule has 7 nitrogen and oxygen atoms in total. The zero-order chi connectivity index (χ0) is 20.6. The average molecular weight is 414 g/mol. The molecule has 3 rings (SSSR count). The van der Waals surface area contributed by atoms with Crippen LogP contribution in [0.15, 0.2) is 65.5 Å². The van der Waals surface area contributed by atoms with Gasteiger partial charge in [-0.3, -0.25) is 9.59 Å². The summed E-state index contributed by atoms with van der Waals surface area (Å²) in [4.78, 5) is 24.0. The van der Waals surface area contributed by atoms with Crippen molar-refractivity contribution in [3.05, 3.63) is 76.0 Å². The van der Waals surface area contributed by atoms with Crippen LogP contribution in [0.5, 0.6) is 11.5 Å². The number of carbonyl (C=O) groups is 1. The van der Waals surface area contributed by atoms with E-state index in [4.69, 9.17) is 21.1 Å². The van der Waals surface area contributed by atoms with Gasteiger partial charge in [0.1, 0.15) is 11.5 Å². The molecule has 0 aliphatic carbocycles. The van der Waals surface area contributed by atoms with Gasteiger partial charge >= 0.3 is 0 Å². The van der Waals surface area contributed by atoms with Gasteiger partial charge in [0.2, 0.25) is 0 Å². The monoisotopic (exact) mass is 413 g/mol. The van der Waals surface area contributed by atoms with Gasteiger partial charge in [0, 0.05) is 23.2 Å². The van der Waals surface area contributed by atoms with Gasteiger partial charge < -0.3 is 14.8 Å². The molecule has 0 saturated heterocycles. The highest BCUT2D eigenvalue weighted by Gasteiger charge is 2.06. The molecular weight excluding hydrogens is 394 g/mol. The number of ether oxygens (including phenoxy) is 2. The summed E-state index contributed by atoms with van der Waals surface area (Å²) in [5.41, 5.74) is 1.27. The summed E-state index contributed by atoms with van der Waals surface area (Å²) >= 11 is 5.87. The van der Waals surface area contributed by atoms with Crippen LogP contribution in [0, 0.1) is 0 Å². The van der Waals surface area contributed by atoms with E-state index in [1.165, 1.54) is 10.7 Å². The van der Waals surface area contributed by atoms with E-state index in [2.05, 4.69) is 10.4 Å². The zero-order valence-corrected chi connectivity index (χ0v) is 16.6. The Hall–Kier alpha value is -3.32. The largest absolute Gasteiger partial charge is 0.497 e. The number of nitrogens with zero attached hydrogens (tertiary/aromatic N) is 2. The lowest BCUT2D eigenvalue weighted by atomic mass is 10.1. The Kier molecular flexibility index (Phi) is 6.86. The second-order valence-electron chi connectivity index (χ2n) is 6.10. The van der Waals surface area contributed by atoms with E-state index in [1.54, 1.807) is 37.4 Å². The van der Waals surface area contributed by atoms with Crippen LogP contribution in [0.25, 0.3) is 11.3 Å². The van der Waals surface area contributed by atoms with E-state index in [-0.39, 0.29) is 31.2 Å². The molecule has 0 bridgehead atoms. The van der Waals surface area contributed by atoms with Crippen molar-refractivity contribution in [2.45, 2.75) is 6.54 Å². The lowest BCUT2D eigenvalue weighted by molar-refractivity contribution is -0.123. The Balaban J connectivity index is 1.54. The van der Waals surface area contributed by atoms with E-state index < -0.39 is 0 Å². The van der Waals surface area contributed by atoms with Gasteiger partial charge in [0.05, 0.1) is 19.3 Å². The fourth-order valence-electron chi connectivity index (χ4n) is 2.58. The first-order chi connectivity index (χ1) is 14.0. The Bertz CT molecular complexity index is 1030. The first-order valence-electron chi connectivity index (χ1n) is 8.93. The third-order valence-corrected chi connectivity index (χ3v) is 4.30. The zero-order valence-electron chi connectivity index (χ0n) is 15.8. The molecule has 1 amide bonds. The van der Waals surface area contributed by atoms with Crippen LogP contribution < -0.4 is 20.3 Å². The molecule has 8 heteroatoms. The van der Waals surface area contributed by atoms with E-state index >= 15 is 0 Å². The molecule has 0 fully saturated rings. The summed E-state index contributed by atoms with van der Waals surface area (Å²) in [6.45, 7) is 0.344. The van der Waals surface area contributed by atoms with E-state index in [0.717, 1.165) is 11.3 Å². The molecule has 0 spiro atoms. The molecule has 3 aromatic rings. The lowest BCUT2D eigenvalue weighted by Crippen LogP contribution is -2.34. The van der Waals surface area contributed by atoms with Crippen molar-refractivity contribution < 1.29 is 14.3 Å². The number of amides is 1. The number of methoxy groups -OCH3 is 1. The number of benzene rings is 2. The van der Waals surface area contributed by atoms with Gasteiger partial charge in [-0.25, -0.2) is 4.68 Å². The van der Waals surface area contributed by atoms with E-state index in [9.17, 15) is 9.59 Å². The predicted octanol–water partition coefficient (Wildman–Crippen LogP) is 2.77. The smallest absolute Gasteiger partial charge is 0.266 e. The van der Waals surface area contributed by atoms with Gasteiger partial charge in [-0.05, 0) is 48.5 Å². The number of hydrogen-bond donors (Lipinski definition) is 1. The maximum absolute atomic E-state index is 12.1. The molecule has 0 radical (unpaired) electrons. The highest BCUT2D eigenvalue weighted by Crippen LogP contribution is 2.19. The van der Waals surface area contributed by atoms with Crippen LogP contribution >= 0.6 is 11.6 Å². The predicted molar refractivity (Wildman–Crippen MR) is 110 cm³/mol. The SMILES string of the molecule is COc1ccc(-c2ccc(=O)n(CCNC(=O)COc3cccc(Cl)c3)n2)cc1. The fourth-order valence-corrected chi connectivity index (χ4v) is 2.76. The maximum atomic E-state index is 12.1. The fraction of sp³-hybridized carbons (Fsp3) is 0.190. The van der Waals surface area contributed by atoms with E-state index in [0.29, 0.717) is 16.5 Å². The second kappa shape index (κ2) is 9.75. The number of hydrogen-bond acceptors (Lipinski definition) is 5. The highest BCUT2D eigenvalue weighted by atomic mass is 35.5. The molecule has 1 aromatic heterocycles. The molecule has 0 aliphatic rings. The van der Waals surface area contributed by atoms with Crippen molar-refractivity contribution in [3.8, 4) is 22.8 Å². The van der Waals surface area contributed by atoms with Crippen molar-refractivity contribution >= 4 is 17.5 Å². The summed E-state index contributed by atoms with van der Waals surface area (Å²) < 4.78 is 11.8. The Morgan fingerprint density at radius 1 is 1.10 bits per heavy atom. The number of rotatable bonds is 8. The quantitative estimate of drug-likeness (QED) is 0.614. The minimum Gasteiger partial charge on any atom is -0.497 e. The molecule has 0 aliphatic heterocycles. The topological polar surface area (TPSA) is 82.5 Å². The third kappa shape index (κ3) is 5.83. The molecule has 0 saturated carbocycles. The molecule has 2 aromatic carbocycles. The van der Waals surface area contributed by atoms with Crippen LogP contribution in [0.1, 0.15) is 0 Å². The summed E-state index contributed by atoms with van der Waals surface area (Å²) in [6.07, 6.45) is 0. The van der Waals surface area contributed by atoms with Crippen LogP contribution in [0.4, 0.5) is 0 Å². The molecule has 29 heavy (non-hydrogen) atoms. The van der Waals surface area contributed by atoms with E-state index in [1.807, 2.05) is 24.3 Å². The Morgan fingerprint density at radius 2 is 1.90 bits per heavy atom. The van der Waals surface area contributed by atoms with Crippen LogP contribution in [-0.4, -0.2) is 35.9 Å². The van der Waals surface area contributed by atoms with Crippen molar-refractivity contribution in [2.24, 2.45) is 0 Å². The summed E-state index contributed by atoms with van der Waals surface area (Å²) in [7, 11) is 1.60. The van der Waals surface area contributed by atoms with Crippen molar-refractivity contribution in [3.63, 3.8) is 0 Å². The first-order valence-corrected chi connectivity index (χ1v) is 9.30. The molecular formula is C21H20ClN3O4. The Morgan fingerprint density at radius 3 is 2.62 bits per heavy atom. The van der Waals surface area contributed by atoms with Crippen molar-refractivity contribution in [1.29, 1.82) is 0 Å². The number of aromatic nitrogens is 2. The summed E-state index contributed by atoms with van der Waals surface area (Å²) in [5.74, 6) is 0.951. The van der Waals surface area contributed by atoms with Crippen LogP contribution in [-0.2, 0) is 11.3 Å². The minimum atomic E-state index is -0.302. The van der Waals surface area contributed by atoms with Crippen molar-refractivity contribution in [2.75, 3.05) is 20.3 Å². The molecule has 0 atom stereocenters. The van der Waals surface area contributed by atoms with Crippen LogP contribution in [0.2, 0.25) is 5.02 Å². The highest BCUT2D eigenvalue weighted by molar-refractivity contribution is 6.30. The first kappa shape index (κ1) is 20.4. The lowest BCUT2D eigenvalue weighted by Gasteiger charge is -2.10. The van der Waals surface area contributed by atoms with Gasteiger partial charge in [0.25, 0.3) is 11.5 Å². The second-order valence-corrected chi connectivity index (χ2v) is 6.54. The minimum absolute atomic E-state index is 0.144. The Labute approximate surface area is 172 Å². The van der Waals surface area contributed by atoms with Gasteiger partial charge in [-0.1, -0.05) is 17.7 Å². The van der Waals surface area contributed by atoms with Gasteiger partial charge in [-0.15, -0.1) is 0 Å². The molecule has 150 valence electrons. The summed E-state index contributed by atoms with van der Waals surface area (Å²) in [5, 5.41) is 7.60. The number of halogens is 1. The number of nitrogens with one attached hydrogen (secondary N) is 1. The average Bonchev–Trinajstić information content (AvgIpc) is 2.74. The normalized spacial score (nSPS) is 10.4. The molecule has 1 N–H and O–H groups in total. The summed E-state index contributed by atoms with van der Waals surface area (Å²) in [6, 6.07) is 17.3. The number of carbonyl (C=O) groups excluding carboxylic acids is 1. The molecule has 1 heterocycles. The molecule has 0 unspecified atom stereocenters. The third-order valence-electron chi connectivity index (χ3n) is 4.06. The van der Waals surface area contributed by atoms with Gasteiger partial charge in [0.15, 0.2) is 6.61 Å². The maximum Gasteiger partial charge on any atom is 0.266 e. The van der Waals surface area contributed by atoms with Crippen molar-refractivity contribution in [1.82, 2.24) is 15.1 Å². The van der Waals surface area contributed by atoms with Crippen LogP contribution in [0.3, 0.4) is 0 Å².